The van der Waals surface area contributed by atoms with Gasteiger partial charge in [-0.15, -0.1) is 0 Å². The van der Waals surface area contributed by atoms with Gasteiger partial charge >= 0.3 is 5.97 Å². The van der Waals surface area contributed by atoms with E-state index in [1.807, 2.05) is 0 Å². The van der Waals surface area contributed by atoms with Crippen LogP contribution >= 0.6 is 23.2 Å². The van der Waals surface area contributed by atoms with Gasteiger partial charge in [0.05, 0.1) is 21.9 Å². The lowest BCUT2D eigenvalue weighted by atomic mass is 10.3. The van der Waals surface area contributed by atoms with Crippen molar-refractivity contribution >= 4 is 40.9 Å². The molecule has 1 unspecified atom stereocenters. The highest BCUT2D eigenvalue weighted by Gasteiger charge is 2.21. The molecular formula is C14H12Cl2N4O3. The lowest BCUT2D eigenvalue weighted by Gasteiger charge is -2.13. The lowest BCUT2D eigenvalue weighted by Crippen LogP contribution is -2.30. The van der Waals surface area contributed by atoms with Crippen LogP contribution in [0.4, 0.5) is 5.82 Å². The number of nitrogens with one attached hydrogen (secondary N) is 1. The molecule has 0 spiro atoms. The van der Waals surface area contributed by atoms with E-state index in [1.54, 1.807) is 6.92 Å². The van der Waals surface area contributed by atoms with Crippen LogP contribution in [0, 0.1) is 6.92 Å². The number of rotatable bonds is 4. The molecule has 2 aromatic heterocycles. The fraction of sp³-hybridized carbons (Fsp3) is 0.214. The number of esters is 1. The quantitative estimate of drug-likeness (QED) is 0.848. The number of carbonyl (C=O) groups excluding carboxylic acids is 2. The summed E-state index contributed by atoms with van der Waals surface area (Å²) in [7, 11) is 0. The van der Waals surface area contributed by atoms with Gasteiger partial charge in [-0.05, 0) is 19.9 Å². The Morgan fingerprint density at radius 2 is 1.91 bits per heavy atom. The van der Waals surface area contributed by atoms with Crippen molar-refractivity contribution in [1.82, 2.24) is 15.0 Å². The first-order valence-corrected chi connectivity index (χ1v) is 7.24. The maximum Gasteiger partial charge on any atom is 0.359 e. The number of aryl methyl sites for hydroxylation is 1. The molecular weight excluding hydrogens is 343 g/mol. The first-order chi connectivity index (χ1) is 10.9. The van der Waals surface area contributed by atoms with E-state index in [0.717, 1.165) is 0 Å². The summed E-state index contributed by atoms with van der Waals surface area (Å²) < 4.78 is 5.02. The summed E-state index contributed by atoms with van der Waals surface area (Å²) in [6.07, 6.45) is 2.97. The highest BCUT2D eigenvalue weighted by atomic mass is 35.5. The number of hydrogen-bond acceptors (Lipinski definition) is 6. The van der Waals surface area contributed by atoms with E-state index in [-0.39, 0.29) is 16.5 Å². The van der Waals surface area contributed by atoms with Crippen LogP contribution in [0.5, 0.6) is 0 Å². The summed E-state index contributed by atoms with van der Waals surface area (Å²) in [5.74, 6) is -1.22. The zero-order valence-electron chi connectivity index (χ0n) is 12.2. The van der Waals surface area contributed by atoms with Crippen LogP contribution in [0.3, 0.4) is 0 Å². The maximum atomic E-state index is 12.0. The number of pyridine rings is 1. The molecule has 0 saturated carbocycles. The molecule has 2 rings (SSSR count). The van der Waals surface area contributed by atoms with Crippen molar-refractivity contribution in [3.05, 3.63) is 46.1 Å². The maximum absolute atomic E-state index is 12.0. The van der Waals surface area contributed by atoms with Crippen molar-refractivity contribution in [1.29, 1.82) is 0 Å². The van der Waals surface area contributed by atoms with Crippen molar-refractivity contribution < 1.29 is 14.3 Å². The summed E-state index contributed by atoms with van der Waals surface area (Å²) in [6, 6.07) is 1.43. The van der Waals surface area contributed by atoms with E-state index >= 15 is 0 Å². The van der Waals surface area contributed by atoms with Crippen molar-refractivity contribution in [2.24, 2.45) is 0 Å². The van der Waals surface area contributed by atoms with Crippen LogP contribution in [0.25, 0.3) is 0 Å². The van der Waals surface area contributed by atoms with Gasteiger partial charge in [-0.25, -0.2) is 14.8 Å². The molecule has 1 atom stereocenters. The number of anilines is 1. The molecule has 9 heteroatoms. The van der Waals surface area contributed by atoms with E-state index in [1.165, 1.54) is 31.6 Å². The van der Waals surface area contributed by atoms with E-state index in [9.17, 15) is 9.59 Å². The second-order valence-electron chi connectivity index (χ2n) is 4.56. The first-order valence-electron chi connectivity index (χ1n) is 6.48. The highest BCUT2D eigenvalue weighted by molar-refractivity contribution is 6.36. The van der Waals surface area contributed by atoms with Gasteiger partial charge in [-0.3, -0.25) is 9.78 Å². The molecule has 0 fully saturated rings. The number of hydrogen-bond donors (Lipinski definition) is 1. The number of carbonyl (C=O) groups is 2. The van der Waals surface area contributed by atoms with E-state index in [0.29, 0.717) is 10.7 Å². The summed E-state index contributed by atoms with van der Waals surface area (Å²) >= 11 is 11.6. The average Bonchev–Trinajstić information content (AvgIpc) is 2.50. The predicted octanol–water partition coefficient (Wildman–Crippen LogP) is 2.67. The number of amides is 1. The molecule has 2 heterocycles. The third-order valence-corrected chi connectivity index (χ3v) is 3.19. The fourth-order valence-corrected chi connectivity index (χ4v) is 1.92. The molecule has 0 aliphatic carbocycles. The molecule has 1 N–H and O–H groups in total. The van der Waals surface area contributed by atoms with Crippen LogP contribution < -0.4 is 5.32 Å². The third kappa shape index (κ3) is 4.61. The van der Waals surface area contributed by atoms with Gasteiger partial charge in [-0.2, -0.15) is 0 Å². The predicted molar refractivity (Wildman–Crippen MR) is 84.5 cm³/mol. The van der Waals surface area contributed by atoms with Gasteiger partial charge in [-0.1, -0.05) is 23.2 Å². The molecule has 0 aromatic carbocycles. The Hall–Kier alpha value is -2.25. The molecule has 7 nitrogen and oxygen atoms in total. The van der Waals surface area contributed by atoms with Gasteiger partial charge in [0, 0.05) is 12.4 Å². The second kappa shape index (κ2) is 7.34. The monoisotopic (exact) mass is 354 g/mol. The van der Waals surface area contributed by atoms with Crippen LogP contribution in [-0.4, -0.2) is 32.9 Å². The van der Waals surface area contributed by atoms with Crippen LogP contribution in [0.2, 0.25) is 10.0 Å². The van der Waals surface area contributed by atoms with Crippen LogP contribution in [0.15, 0.2) is 24.7 Å². The van der Waals surface area contributed by atoms with Crippen molar-refractivity contribution in [3.63, 3.8) is 0 Å². The number of aromatic nitrogens is 3. The molecule has 0 aliphatic heterocycles. The SMILES string of the molecule is Cc1cnc(C(=O)OC(C)C(=O)Nc2ncc(Cl)cc2Cl)cn1. The largest absolute Gasteiger partial charge is 0.448 e. The minimum absolute atomic E-state index is 0.0119. The summed E-state index contributed by atoms with van der Waals surface area (Å²) in [5, 5.41) is 2.96. The fourth-order valence-electron chi connectivity index (χ4n) is 1.50. The zero-order valence-corrected chi connectivity index (χ0v) is 13.7. The minimum atomic E-state index is -1.07. The van der Waals surface area contributed by atoms with Gasteiger partial charge in [0.2, 0.25) is 0 Å². The Morgan fingerprint density at radius 3 is 2.52 bits per heavy atom. The Bertz CT molecular complexity index is 737. The molecule has 0 saturated heterocycles. The number of ether oxygens (including phenoxy) is 1. The topological polar surface area (TPSA) is 94.1 Å². The lowest BCUT2D eigenvalue weighted by molar-refractivity contribution is -0.123. The Labute approximate surface area is 142 Å². The minimum Gasteiger partial charge on any atom is -0.448 e. The zero-order chi connectivity index (χ0) is 17.0. The summed E-state index contributed by atoms with van der Waals surface area (Å²) in [6.45, 7) is 3.15. The van der Waals surface area contributed by atoms with E-state index < -0.39 is 18.0 Å². The van der Waals surface area contributed by atoms with Gasteiger partial charge in [0.15, 0.2) is 17.6 Å². The second-order valence-corrected chi connectivity index (χ2v) is 5.41. The summed E-state index contributed by atoms with van der Waals surface area (Å²) in [5.41, 5.74) is 0.675. The summed E-state index contributed by atoms with van der Waals surface area (Å²) in [4.78, 5) is 35.6. The molecule has 120 valence electrons. The third-order valence-electron chi connectivity index (χ3n) is 2.69. The van der Waals surface area contributed by atoms with Crippen LogP contribution in [0.1, 0.15) is 23.1 Å². The Kier molecular flexibility index (Phi) is 5.46. The normalized spacial score (nSPS) is 11.7. The highest BCUT2D eigenvalue weighted by Crippen LogP contribution is 2.22. The Morgan fingerprint density at radius 1 is 1.17 bits per heavy atom. The standard InChI is InChI=1S/C14H12Cl2N4O3/c1-7-4-18-11(6-17-7)14(22)23-8(2)13(21)20-12-10(16)3-9(15)5-19-12/h3-6,8H,1-2H3,(H,19,20,21). The number of nitrogens with zero attached hydrogens (tertiary/aromatic N) is 3. The molecule has 1 amide bonds. The average molecular weight is 355 g/mol. The van der Waals surface area contributed by atoms with Gasteiger partial charge < -0.3 is 10.1 Å². The van der Waals surface area contributed by atoms with E-state index in [2.05, 4.69) is 20.3 Å². The molecule has 0 radical (unpaired) electrons. The molecule has 0 aliphatic rings. The van der Waals surface area contributed by atoms with Gasteiger partial charge in [0.25, 0.3) is 5.91 Å². The molecule has 23 heavy (non-hydrogen) atoms. The number of halogens is 2. The smallest absolute Gasteiger partial charge is 0.359 e. The van der Waals surface area contributed by atoms with Crippen molar-refractivity contribution in [2.45, 2.75) is 20.0 Å². The van der Waals surface area contributed by atoms with Crippen molar-refractivity contribution in [3.8, 4) is 0 Å². The van der Waals surface area contributed by atoms with Crippen molar-refractivity contribution in [2.75, 3.05) is 5.32 Å². The molecule has 0 bridgehead atoms. The Balaban J connectivity index is 1.99. The first kappa shape index (κ1) is 17.1. The molecule has 2 aromatic rings. The van der Waals surface area contributed by atoms with Gasteiger partial charge in [0.1, 0.15) is 0 Å². The van der Waals surface area contributed by atoms with E-state index in [4.69, 9.17) is 27.9 Å². The van der Waals surface area contributed by atoms with Crippen LogP contribution in [-0.2, 0) is 9.53 Å².